The number of amides is 1. The molecule has 56 heavy (non-hydrogen) atoms. The Morgan fingerprint density at radius 3 is 1.32 bits per heavy atom. The summed E-state index contributed by atoms with van der Waals surface area (Å²) in [6.45, 7) is 3.58. The van der Waals surface area contributed by atoms with Gasteiger partial charge in [0.25, 0.3) is 0 Å². The van der Waals surface area contributed by atoms with Gasteiger partial charge < -0.3 is 45.4 Å². The van der Waals surface area contributed by atoms with Crippen molar-refractivity contribution < 1.29 is 44.9 Å². The highest BCUT2D eigenvalue weighted by molar-refractivity contribution is 5.76. The van der Waals surface area contributed by atoms with Crippen molar-refractivity contribution in [1.29, 1.82) is 0 Å². The highest BCUT2D eigenvalue weighted by atomic mass is 16.7. The molecule has 8 atom stereocenters. The summed E-state index contributed by atoms with van der Waals surface area (Å²) in [5.41, 5.74) is 0. The molecular weight excluding hydrogens is 711 g/mol. The monoisotopic (exact) mass is 802 g/mol. The Labute approximate surface area is 343 Å². The zero-order valence-electron chi connectivity index (χ0n) is 36.3. The van der Waals surface area contributed by atoms with Gasteiger partial charge in [0, 0.05) is 6.42 Å². The number of aliphatic hydroxyl groups excluding tert-OH is 6. The number of hydrogen-bond acceptors (Lipinski definition) is 9. The lowest BCUT2D eigenvalue weighted by molar-refractivity contribution is -0.303. The van der Waals surface area contributed by atoms with Crippen LogP contribution in [-0.2, 0) is 14.3 Å². The van der Waals surface area contributed by atoms with Gasteiger partial charge in [0.15, 0.2) is 6.29 Å². The third kappa shape index (κ3) is 27.0. The second-order valence-electron chi connectivity index (χ2n) is 17.1. The van der Waals surface area contributed by atoms with Crippen LogP contribution in [0.1, 0.15) is 226 Å². The van der Waals surface area contributed by atoms with Gasteiger partial charge in [0.2, 0.25) is 5.91 Å². The van der Waals surface area contributed by atoms with Crippen molar-refractivity contribution in [3.63, 3.8) is 0 Å². The van der Waals surface area contributed by atoms with E-state index in [1.165, 1.54) is 154 Å². The minimum absolute atomic E-state index is 0.255. The van der Waals surface area contributed by atoms with E-state index in [0.717, 1.165) is 44.9 Å². The average molecular weight is 802 g/mol. The van der Waals surface area contributed by atoms with Gasteiger partial charge >= 0.3 is 0 Å². The smallest absolute Gasteiger partial charge is 0.220 e. The molecule has 1 saturated heterocycles. The Balaban J connectivity index is 2.24. The van der Waals surface area contributed by atoms with Crippen LogP contribution < -0.4 is 5.32 Å². The topological polar surface area (TPSA) is 169 Å². The molecule has 1 heterocycles. The lowest BCUT2D eigenvalue weighted by Crippen LogP contribution is -2.60. The van der Waals surface area contributed by atoms with Crippen molar-refractivity contribution in [2.75, 3.05) is 13.2 Å². The highest BCUT2D eigenvalue weighted by Gasteiger charge is 2.44. The molecule has 0 bridgehead atoms. The molecule has 0 aliphatic carbocycles. The van der Waals surface area contributed by atoms with Crippen LogP contribution in [0.4, 0.5) is 0 Å². The third-order valence-electron chi connectivity index (χ3n) is 11.8. The summed E-state index contributed by atoms with van der Waals surface area (Å²) >= 11 is 0. The minimum Gasteiger partial charge on any atom is -0.394 e. The first-order chi connectivity index (χ1) is 27.3. The fourth-order valence-electron chi connectivity index (χ4n) is 7.91. The molecule has 0 spiro atoms. The maximum absolute atomic E-state index is 13.0. The molecule has 0 radical (unpaired) electrons. The summed E-state index contributed by atoms with van der Waals surface area (Å²) in [5, 5.41) is 64.9. The molecule has 0 aromatic carbocycles. The van der Waals surface area contributed by atoms with E-state index in [1.807, 2.05) is 0 Å². The number of carbonyl (C=O) groups is 1. The van der Waals surface area contributed by atoms with Crippen LogP contribution in [0.25, 0.3) is 0 Å². The standard InChI is InChI=1S/C46H91NO9/c1-3-5-7-9-11-13-14-15-16-17-18-19-20-21-22-23-24-25-26-27-29-31-33-35-41(50)47-38(37-55-46-45(54)44(53)43(52)40(36-48)56-46)42(51)39(49)34-32-30-28-12-10-8-6-4-2/h38-40,42-46,48-49,51-54H,3-37H2,1-2H3,(H,47,50)/t38-,39+,40+,42-,43+,44?,45?,46+/m0/s1. The normalized spacial score (nSPS) is 21.6. The molecule has 1 rings (SSSR count). The first-order valence-electron chi connectivity index (χ1n) is 23.8. The number of ether oxygens (including phenoxy) is 2. The number of aliphatic hydroxyl groups is 6. The second-order valence-corrected chi connectivity index (χ2v) is 17.1. The quantitative estimate of drug-likeness (QED) is 0.0299. The van der Waals surface area contributed by atoms with E-state index in [9.17, 15) is 35.4 Å². The number of rotatable bonds is 40. The summed E-state index contributed by atoms with van der Waals surface area (Å²) in [4.78, 5) is 13.0. The molecule has 2 unspecified atom stereocenters. The molecule has 0 aromatic heterocycles. The van der Waals surface area contributed by atoms with Crippen molar-refractivity contribution in [3.8, 4) is 0 Å². The predicted molar refractivity (Wildman–Crippen MR) is 227 cm³/mol. The van der Waals surface area contributed by atoms with Gasteiger partial charge in [-0.05, 0) is 12.8 Å². The van der Waals surface area contributed by atoms with Gasteiger partial charge in [-0.3, -0.25) is 4.79 Å². The maximum atomic E-state index is 13.0. The van der Waals surface area contributed by atoms with E-state index >= 15 is 0 Å². The van der Waals surface area contributed by atoms with Crippen molar-refractivity contribution in [3.05, 3.63) is 0 Å². The molecule has 1 aliphatic rings. The van der Waals surface area contributed by atoms with Gasteiger partial charge in [-0.25, -0.2) is 0 Å². The number of nitrogens with one attached hydrogen (secondary N) is 1. The summed E-state index contributed by atoms with van der Waals surface area (Å²) in [7, 11) is 0. The molecule has 10 nitrogen and oxygen atoms in total. The SMILES string of the molecule is CCCCCCCCCCCCCCCCCCCCCCCCCC(=O)N[C@@H](CO[C@@H]1O[C@H](CO)[C@@H](O)C(O)C1O)[C@H](O)[C@H](O)CCCCCCCCCC. The van der Waals surface area contributed by atoms with Crippen LogP contribution >= 0.6 is 0 Å². The van der Waals surface area contributed by atoms with E-state index in [1.54, 1.807) is 0 Å². The molecule has 334 valence electrons. The lowest BCUT2D eigenvalue weighted by atomic mass is 9.98. The second kappa shape index (κ2) is 37.2. The molecule has 1 amide bonds. The van der Waals surface area contributed by atoms with Crippen molar-refractivity contribution >= 4 is 5.91 Å². The summed E-state index contributed by atoms with van der Waals surface area (Å²) in [6.07, 6.45) is 30.0. The molecule has 1 aliphatic heterocycles. The molecule has 10 heteroatoms. The van der Waals surface area contributed by atoms with Crippen LogP contribution in [-0.4, -0.2) is 98.7 Å². The molecule has 7 N–H and O–H groups in total. The lowest BCUT2D eigenvalue weighted by Gasteiger charge is -2.40. The summed E-state index contributed by atoms with van der Waals surface area (Å²) < 4.78 is 11.1. The Bertz CT molecular complexity index is 864. The predicted octanol–water partition coefficient (Wildman–Crippen LogP) is 8.92. The zero-order chi connectivity index (χ0) is 41.1. The van der Waals surface area contributed by atoms with Crippen molar-refractivity contribution in [2.24, 2.45) is 0 Å². The Morgan fingerprint density at radius 2 is 0.929 bits per heavy atom. The largest absolute Gasteiger partial charge is 0.394 e. The fourth-order valence-corrected chi connectivity index (χ4v) is 7.91. The first-order valence-corrected chi connectivity index (χ1v) is 23.8. The number of hydrogen-bond donors (Lipinski definition) is 7. The van der Waals surface area contributed by atoms with E-state index in [4.69, 9.17) is 9.47 Å². The van der Waals surface area contributed by atoms with Gasteiger partial charge in [0.1, 0.15) is 30.5 Å². The Morgan fingerprint density at radius 1 is 0.554 bits per heavy atom. The van der Waals surface area contributed by atoms with Gasteiger partial charge in [0.05, 0.1) is 25.4 Å². The van der Waals surface area contributed by atoms with Crippen molar-refractivity contribution in [2.45, 2.75) is 275 Å². The Kier molecular flexibility index (Phi) is 35.3. The van der Waals surface area contributed by atoms with E-state index < -0.39 is 55.6 Å². The number of carbonyl (C=O) groups excluding carboxylic acids is 1. The molecule has 1 fully saturated rings. The first kappa shape index (κ1) is 53.2. The van der Waals surface area contributed by atoms with E-state index in [2.05, 4.69) is 19.2 Å². The Hall–Kier alpha value is -0.850. The maximum Gasteiger partial charge on any atom is 0.220 e. The van der Waals surface area contributed by atoms with Crippen LogP contribution in [0.3, 0.4) is 0 Å². The van der Waals surface area contributed by atoms with Gasteiger partial charge in [-0.2, -0.15) is 0 Å². The summed E-state index contributed by atoms with van der Waals surface area (Å²) in [5.74, 6) is -0.255. The zero-order valence-corrected chi connectivity index (χ0v) is 36.3. The van der Waals surface area contributed by atoms with Crippen LogP contribution in [0.5, 0.6) is 0 Å². The molecule has 0 aromatic rings. The average Bonchev–Trinajstić information content (AvgIpc) is 3.20. The van der Waals surface area contributed by atoms with E-state index in [-0.39, 0.29) is 18.9 Å². The number of unbranched alkanes of at least 4 members (excludes halogenated alkanes) is 29. The van der Waals surface area contributed by atoms with Gasteiger partial charge in [-0.1, -0.05) is 206 Å². The van der Waals surface area contributed by atoms with E-state index in [0.29, 0.717) is 6.42 Å². The van der Waals surface area contributed by atoms with Crippen molar-refractivity contribution in [1.82, 2.24) is 5.32 Å². The van der Waals surface area contributed by atoms with Gasteiger partial charge in [-0.15, -0.1) is 0 Å². The van der Waals surface area contributed by atoms with Crippen LogP contribution in [0.2, 0.25) is 0 Å². The highest BCUT2D eigenvalue weighted by Crippen LogP contribution is 2.23. The van der Waals surface area contributed by atoms with Crippen LogP contribution in [0.15, 0.2) is 0 Å². The minimum atomic E-state index is -1.60. The molecular formula is C46H91NO9. The summed E-state index contributed by atoms with van der Waals surface area (Å²) in [6, 6.07) is -0.983. The third-order valence-corrected chi connectivity index (χ3v) is 11.8. The van der Waals surface area contributed by atoms with Crippen LogP contribution in [0, 0.1) is 0 Å². The fraction of sp³-hybridized carbons (Fsp3) is 0.978. The molecule has 0 saturated carbocycles.